The quantitative estimate of drug-likeness (QED) is 0.727. The number of fused-ring (bicyclic) bond motifs is 2. The molecule has 0 bridgehead atoms. The lowest BCUT2D eigenvalue weighted by Crippen LogP contribution is -2.40. The van der Waals surface area contributed by atoms with Crippen LogP contribution < -0.4 is 10.9 Å². The Morgan fingerprint density at radius 1 is 1.15 bits per heavy atom. The molecule has 7 heteroatoms. The van der Waals surface area contributed by atoms with Crippen LogP contribution in [0.4, 0.5) is 0 Å². The van der Waals surface area contributed by atoms with Crippen LogP contribution in [0.15, 0.2) is 41.3 Å². The standard InChI is InChI=1S/C20H21N5O2/c26-19-9-16(15-3-1-2-4-17(15)23-19)20(27)24-7-5-14(6-8-24)25-18-12-21-10-13(18)11-22-25/h1-4,9,11,14,21H,5-8,10,12H2,(H,23,26). The van der Waals surface area contributed by atoms with E-state index in [1.807, 2.05) is 35.4 Å². The highest BCUT2D eigenvalue weighted by atomic mass is 16.2. The van der Waals surface area contributed by atoms with E-state index in [2.05, 4.69) is 20.1 Å². The number of aromatic nitrogens is 3. The number of carbonyl (C=O) groups is 1. The molecule has 1 fully saturated rings. The van der Waals surface area contributed by atoms with Crippen LogP contribution in [0.2, 0.25) is 0 Å². The first-order valence-corrected chi connectivity index (χ1v) is 9.38. The van der Waals surface area contributed by atoms with Crippen LogP contribution >= 0.6 is 0 Å². The Hall–Kier alpha value is -2.93. The van der Waals surface area contributed by atoms with Crippen LogP contribution in [-0.4, -0.2) is 38.7 Å². The molecule has 3 aromatic rings. The number of benzene rings is 1. The molecule has 1 saturated heterocycles. The highest BCUT2D eigenvalue weighted by Crippen LogP contribution is 2.28. The largest absolute Gasteiger partial charge is 0.338 e. The molecule has 2 aromatic heterocycles. The molecule has 27 heavy (non-hydrogen) atoms. The van der Waals surface area contributed by atoms with Crippen LogP contribution in [0.3, 0.4) is 0 Å². The number of aromatic amines is 1. The van der Waals surface area contributed by atoms with E-state index in [9.17, 15) is 9.59 Å². The summed E-state index contributed by atoms with van der Waals surface area (Å²) in [6.07, 6.45) is 3.71. The third kappa shape index (κ3) is 2.75. The molecular formula is C20H21N5O2. The van der Waals surface area contributed by atoms with Crippen LogP contribution in [0.5, 0.6) is 0 Å². The van der Waals surface area contributed by atoms with Crippen molar-refractivity contribution in [3.8, 4) is 0 Å². The Morgan fingerprint density at radius 3 is 2.81 bits per heavy atom. The van der Waals surface area contributed by atoms with Crippen molar-refractivity contribution in [3.63, 3.8) is 0 Å². The van der Waals surface area contributed by atoms with Gasteiger partial charge in [0, 0.05) is 48.7 Å². The monoisotopic (exact) mass is 363 g/mol. The first-order chi connectivity index (χ1) is 13.2. The second-order valence-corrected chi connectivity index (χ2v) is 7.28. The number of para-hydroxylation sites is 1. The topological polar surface area (TPSA) is 83.0 Å². The van der Waals surface area contributed by atoms with E-state index in [1.165, 1.54) is 17.3 Å². The molecule has 7 nitrogen and oxygen atoms in total. The molecular weight excluding hydrogens is 342 g/mol. The van der Waals surface area contributed by atoms with Crippen molar-refractivity contribution in [2.45, 2.75) is 32.0 Å². The molecule has 0 spiro atoms. The maximum Gasteiger partial charge on any atom is 0.254 e. The van der Waals surface area contributed by atoms with Crippen molar-refractivity contribution in [1.82, 2.24) is 25.0 Å². The summed E-state index contributed by atoms with van der Waals surface area (Å²) in [5.74, 6) is -0.0666. The van der Waals surface area contributed by atoms with E-state index in [4.69, 9.17) is 0 Å². The molecule has 0 saturated carbocycles. The van der Waals surface area contributed by atoms with Crippen LogP contribution in [0, 0.1) is 0 Å². The molecule has 0 atom stereocenters. The first kappa shape index (κ1) is 16.3. The second-order valence-electron chi connectivity index (χ2n) is 7.28. The van der Waals surface area contributed by atoms with Crippen molar-refractivity contribution in [1.29, 1.82) is 0 Å². The molecule has 2 aliphatic rings. The minimum Gasteiger partial charge on any atom is -0.338 e. The van der Waals surface area contributed by atoms with Gasteiger partial charge in [0.05, 0.1) is 23.5 Å². The number of piperidine rings is 1. The Balaban J connectivity index is 1.37. The fourth-order valence-electron chi connectivity index (χ4n) is 4.26. The molecule has 0 radical (unpaired) electrons. The molecule has 138 valence electrons. The zero-order valence-electron chi connectivity index (χ0n) is 14.9. The van der Waals surface area contributed by atoms with E-state index in [-0.39, 0.29) is 11.5 Å². The van der Waals surface area contributed by atoms with Gasteiger partial charge >= 0.3 is 0 Å². The average molecular weight is 363 g/mol. The zero-order valence-corrected chi connectivity index (χ0v) is 14.9. The third-order valence-electron chi connectivity index (χ3n) is 5.67. The summed E-state index contributed by atoms with van der Waals surface area (Å²) < 4.78 is 2.14. The summed E-state index contributed by atoms with van der Waals surface area (Å²) in [4.78, 5) is 29.7. The van der Waals surface area contributed by atoms with Crippen LogP contribution in [-0.2, 0) is 13.1 Å². The number of amides is 1. The van der Waals surface area contributed by atoms with Crippen LogP contribution in [0.25, 0.3) is 10.9 Å². The zero-order chi connectivity index (χ0) is 18.4. The average Bonchev–Trinajstić information content (AvgIpc) is 3.31. The maximum absolute atomic E-state index is 13.1. The molecule has 2 N–H and O–H groups in total. The number of pyridine rings is 1. The number of nitrogens with one attached hydrogen (secondary N) is 2. The molecule has 1 aromatic carbocycles. The smallest absolute Gasteiger partial charge is 0.254 e. The van der Waals surface area contributed by atoms with Crippen molar-refractivity contribution < 1.29 is 4.79 Å². The molecule has 1 amide bonds. The van der Waals surface area contributed by atoms with Gasteiger partial charge in [-0.25, -0.2) is 0 Å². The summed E-state index contributed by atoms with van der Waals surface area (Å²) in [5.41, 5.74) is 3.50. The van der Waals surface area contributed by atoms with Gasteiger partial charge in [-0.1, -0.05) is 18.2 Å². The summed E-state index contributed by atoms with van der Waals surface area (Å²) >= 11 is 0. The number of hydrogen-bond donors (Lipinski definition) is 2. The molecule has 5 rings (SSSR count). The van der Waals surface area contributed by atoms with Gasteiger partial charge < -0.3 is 15.2 Å². The molecule has 0 aliphatic carbocycles. The molecule has 0 unspecified atom stereocenters. The van der Waals surface area contributed by atoms with Crippen LogP contribution in [0.1, 0.15) is 40.5 Å². The van der Waals surface area contributed by atoms with Gasteiger partial charge in [-0.05, 0) is 18.9 Å². The minimum absolute atomic E-state index is 0.0666. The van der Waals surface area contributed by atoms with E-state index in [0.717, 1.165) is 31.3 Å². The number of nitrogens with zero attached hydrogens (tertiary/aromatic N) is 3. The van der Waals surface area contributed by atoms with E-state index < -0.39 is 0 Å². The minimum atomic E-state index is -0.244. The van der Waals surface area contributed by atoms with Crippen molar-refractivity contribution in [2.75, 3.05) is 13.1 Å². The van der Waals surface area contributed by atoms with Crippen molar-refractivity contribution >= 4 is 16.8 Å². The van der Waals surface area contributed by atoms with Gasteiger partial charge in [-0.3, -0.25) is 14.3 Å². The summed E-state index contributed by atoms with van der Waals surface area (Å²) in [7, 11) is 0. The van der Waals surface area contributed by atoms with Gasteiger partial charge in [0.1, 0.15) is 0 Å². The fraction of sp³-hybridized carbons (Fsp3) is 0.350. The summed E-state index contributed by atoms with van der Waals surface area (Å²) in [6.45, 7) is 3.11. The summed E-state index contributed by atoms with van der Waals surface area (Å²) in [6, 6.07) is 9.19. The number of hydrogen-bond acceptors (Lipinski definition) is 4. The highest BCUT2D eigenvalue weighted by Gasteiger charge is 2.28. The molecule has 4 heterocycles. The number of rotatable bonds is 2. The van der Waals surface area contributed by atoms with Gasteiger partial charge in [-0.2, -0.15) is 5.10 Å². The predicted octanol–water partition coefficient (Wildman–Crippen LogP) is 1.81. The highest BCUT2D eigenvalue weighted by molar-refractivity contribution is 6.05. The lowest BCUT2D eigenvalue weighted by Gasteiger charge is -2.33. The first-order valence-electron chi connectivity index (χ1n) is 9.38. The summed E-state index contributed by atoms with van der Waals surface area (Å²) in [5, 5.41) is 8.72. The normalized spacial score (nSPS) is 17.4. The Morgan fingerprint density at radius 2 is 1.96 bits per heavy atom. The number of H-pyrrole nitrogens is 1. The van der Waals surface area contributed by atoms with Crippen molar-refractivity contribution in [2.24, 2.45) is 0 Å². The predicted molar refractivity (Wildman–Crippen MR) is 102 cm³/mol. The van der Waals surface area contributed by atoms with Gasteiger partial charge in [0.25, 0.3) is 5.91 Å². The lowest BCUT2D eigenvalue weighted by molar-refractivity contribution is 0.0690. The Labute approximate surface area is 156 Å². The Kier molecular flexibility index (Phi) is 3.82. The lowest BCUT2D eigenvalue weighted by atomic mass is 10.0. The van der Waals surface area contributed by atoms with Gasteiger partial charge in [-0.15, -0.1) is 0 Å². The third-order valence-corrected chi connectivity index (χ3v) is 5.67. The fourth-order valence-corrected chi connectivity index (χ4v) is 4.26. The van der Waals surface area contributed by atoms with Crippen molar-refractivity contribution in [3.05, 3.63) is 63.7 Å². The van der Waals surface area contributed by atoms with Gasteiger partial charge in [0.2, 0.25) is 5.56 Å². The number of likely N-dealkylation sites (tertiary alicyclic amines) is 1. The molecule has 2 aliphatic heterocycles. The van der Waals surface area contributed by atoms with Gasteiger partial charge in [0.15, 0.2) is 0 Å². The maximum atomic E-state index is 13.1. The van der Waals surface area contributed by atoms with E-state index in [1.54, 1.807) is 0 Å². The van der Waals surface area contributed by atoms with E-state index >= 15 is 0 Å². The Bertz CT molecular complexity index is 1080. The second kappa shape index (κ2) is 6.35. The number of carbonyl (C=O) groups excluding carboxylic acids is 1. The SMILES string of the molecule is O=C(c1cc(=O)[nH]c2ccccc12)N1CCC(n2ncc3c2CNC3)CC1. The van der Waals surface area contributed by atoms with E-state index in [0.29, 0.717) is 30.2 Å².